The molecule has 0 saturated heterocycles. The summed E-state index contributed by atoms with van der Waals surface area (Å²) in [6.45, 7) is 16.0. The van der Waals surface area contributed by atoms with Crippen molar-refractivity contribution in [2.75, 3.05) is 0 Å². The van der Waals surface area contributed by atoms with Crippen LogP contribution in [0, 0.1) is 12.1 Å². The Hall–Kier alpha value is -6.24. The van der Waals surface area contributed by atoms with E-state index in [1.807, 2.05) is 48.8 Å². The first-order valence-electron chi connectivity index (χ1n) is 21.5. The van der Waals surface area contributed by atoms with Crippen molar-refractivity contribution in [2.45, 2.75) is 59.2 Å². The van der Waals surface area contributed by atoms with Crippen molar-refractivity contribution in [3.63, 3.8) is 0 Å². The van der Waals surface area contributed by atoms with Crippen LogP contribution in [0.2, 0.25) is 19.6 Å². The Morgan fingerprint density at radius 1 is 0.587 bits per heavy atom. The molecule has 7 heteroatoms. The number of nitrogens with zero attached hydrogens (tertiary/aromatic N) is 4. The molecule has 0 bridgehead atoms. The number of aromatic nitrogens is 4. The van der Waals surface area contributed by atoms with E-state index >= 15 is 0 Å². The Morgan fingerprint density at radius 2 is 1.21 bits per heavy atom. The van der Waals surface area contributed by atoms with Gasteiger partial charge in [-0.05, 0) is 80.7 Å². The molecule has 0 fully saturated rings. The van der Waals surface area contributed by atoms with E-state index in [0.29, 0.717) is 0 Å². The molecule has 0 saturated carbocycles. The minimum Gasteiger partial charge on any atom is -0.501 e. The molecule has 0 N–H and O–H groups in total. The molecule has 0 unspecified atom stereocenters. The van der Waals surface area contributed by atoms with Gasteiger partial charge in [0.25, 0.3) is 0 Å². The first kappa shape index (κ1) is 43.4. The van der Waals surface area contributed by atoms with Gasteiger partial charge in [-0.25, -0.2) is 0 Å². The topological polar surface area (TPSA) is 56.7 Å². The van der Waals surface area contributed by atoms with Crippen molar-refractivity contribution in [3.8, 4) is 50.7 Å². The summed E-state index contributed by atoms with van der Waals surface area (Å²) in [5, 5.41) is 3.44. The van der Waals surface area contributed by atoms with Crippen molar-refractivity contribution in [3.05, 3.63) is 187 Å². The van der Waals surface area contributed by atoms with E-state index in [-0.39, 0.29) is 31.9 Å². The molecule has 1 radical (unpaired) electrons. The molecule has 0 spiro atoms. The second-order valence-corrected chi connectivity index (χ2v) is 22.6. The molecule has 0 aliphatic heterocycles. The number of hydrogen-bond donors (Lipinski definition) is 0. The fourth-order valence-corrected chi connectivity index (χ4v) is 9.04. The summed E-state index contributed by atoms with van der Waals surface area (Å²) in [4.78, 5) is 14.1. The van der Waals surface area contributed by atoms with Crippen LogP contribution in [0.5, 0.6) is 0 Å². The number of benzene rings is 7. The van der Waals surface area contributed by atoms with Gasteiger partial charge in [0.2, 0.25) is 0 Å². The van der Waals surface area contributed by atoms with Gasteiger partial charge in [-0.2, -0.15) is 0 Å². The normalized spacial score (nSPS) is 11.6. The minimum atomic E-state index is -1.29. The Morgan fingerprint density at radius 3 is 1.83 bits per heavy atom. The SMILES string of the molecule is CC(C)c1cc(-c2ccccc2)cc(C(C)C)c1-n1c(-c2[c-]ccc3c2oc2cc(-c4ccccc4)ccc23)nc2ccccc21.C[Si](C)(C)c1cnc(-c2[c-]cccc2)nc1.[Ir]. The van der Waals surface area contributed by atoms with Crippen molar-refractivity contribution in [1.82, 2.24) is 19.5 Å². The fourth-order valence-electron chi connectivity index (χ4n) is 8.14. The van der Waals surface area contributed by atoms with Crippen molar-refractivity contribution in [2.24, 2.45) is 0 Å². The van der Waals surface area contributed by atoms with E-state index < -0.39 is 8.07 Å². The molecule has 315 valence electrons. The summed E-state index contributed by atoms with van der Waals surface area (Å²) in [6.07, 6.45) is 3.91. The van der Waals surface area contributed by atoms with Gasteiger partial charge in [-0.1, -0.05) is 143 Å². The van der Waals surface area contributed by atoms with Crippen LogP contribution >= 0.6 is 0 Å². The molecule has 0 atom stereocenters. The minimum absolute atomic E-state index is 0. The largest absolute Gasteiger partial charge is 0.501 e. The molecule has 0 aliphatic carbocycles. The van der Waals surface area contributed by atoms with Crippen LogP contribution < -0.4 is 5.19 Å². The predicted molar refractivity (Wildman–Crippen MR) is 261 cm³/mol. The number of furan rings is 1. The summed E-state index contributed by atoms with van der Waals surface area (Å²) >= 11 is 0. The summed E-state index contributed by atoms with van der Waals surface area (Å²) in [6, 6.07) is 59.4. The molecular weight excluding hydrogens is 965 g/mol. The zero-order valence-corrected chi connectivity index (χ0v) is 40.2. The molecule has 63 heavy (non-hydrogen) atoms. The maximum absolute atomic E-state index is 6.73. The Balaban J connectivity index is 0.000000271. The van der Waals surface area contributed by atoms with E-state index in [4.69, 9.17) is 9.40 Å². The number of hydrogen-bond acceptors (Lipinski definition) is 4. The molecule has 10 aromatic rings. The average molecular weight is 1020 g/mol. The molecular formula is C56H50IrN4OSi-2. The number of fused-ring (bicyclic) bond motifs is 4. The van der Waals surface area contributed by atoms with Gasteiger partial charge < -0.3 is 8.98 Å². The predicted octanol–water partition coefficient (Wildman–Crippen LogP) is 14.5. The van der Waals surface area contributed by atoms with Crippen LogP contribution in [0.1, 0.15) is 50.7 Å². The summed E-state index contributed by atoms with van der Waals surface area (Å²) < 4.78 is 9.10. The third kappa shape index (κ3) is 8.74. The maximum atomic E-state index is 6.73. The third-order valence-electron chi connectivity index (χ3n) is 11.5. The standard InChI is InChI=1S/C43H35N2O.C13H15N2Si.Ir/c1-27(2)36-24-32(30-16-9-6-10-17-30)25-37(28(3)4)41(36)45-39-21-12-11-20-38(39)44-43(45)35-19-13-18-34-33-23-22-31(26-40(33)46-42(34)35)29-14-7-5-8-15-29;1-16(2,3)12-9-14-13(15-10-12)11-7-5-4-6-8-11;/h5-18,20-28H,1-4H3;4-7,9-10H,1-3H3;/q2*-1;. The molecule has 5 nitrogen and oxygen atoms in total. The van der Waals surface area contributed by atoms with Crippen LogP contribution in [-0.4, -0.2) is 27.6 Å². The van der Waals surface area contributed by atoms with Crippen LogP contribution in [0.4, 0.5) is 0 Å². The Kier molecular flexibility index (Phi) is 12.6. The number of para-hydroxylation sites is 2. The van der Waals surface area contributed by atoms with E-state index in [0.717, 1.165) is 61.3 Å². The first-order valence-corrected chi connectivity index (χ1v) is 25.0. The van der Waals surface area contributed by atoms with E-state index in [2.05, 4.69) is 189 Å². The van der Waals surface area contributed by atoms with Crippen molar-refractivity contribution < 1.29 is 24.5 Å². The van der Waals surface area contributed by atoms with Gasteiger partial charge in [0, 0.05) is 43.6 Å². The molecule has 7 aromatic carbocycles. The zero-order chi connectivity index (χ0) is 43.0. The fraction of sp³-hybridized carbons (Fsp3) is 0.161. The molecule has 0 amide bonds. The molecule has 10 rings (SSSR count). The van der Waals surface area contributed by atoms with Gasteiger partial charge in [0.05, 0.1) is 36.3 Å². The first-order chi connectivity index (χ1) is 30.0. The summed E-state index contributed by atoms with van der Waals surface area (Å²) in [5.41, 5.74) is 14.0. The van der Waals surface area contributed by atoms with Crippen LogP contribution in [0.15, 0.2) is 168 Å². The van der Waals surface area contributed by atoms with E-state index in [1.54, 1.807) is 0 Å². The van der Waals surface area contributed by atoms with Gasteiger partial charge >= 0.3 is 0 Å². The Bertz CT molecular complexity index is 3120. The van der Waals surface area contributed by atoms with Gasteiger partial charge in [-0.15, -0.1) is 54.1 Å². The monoisotopic (exact) mass is 1020 g/mol. The average Bonchev–Trinajstić information content (AvgIpc) is 3.88. The second kappa shape index (κ2) is 18.2. The van der Waals surface area contributed by atoms with E-state index in [9.17, 15) is 0 Å². The molecule has 0 aliphatic rings. The van der Waals surface area contributed by atoms with Crippen molar-refractivity contribution >= 4 is 46.2 Å². The summed E-state index contributed by atoms with van der Waals surface area (Å²) in [5.74, 6) is 2.16. The van der Waals surface area contributed by atoms with Gasteiger partial charge in [-0.3, -0.25) is 15.0 Å². The number of rotatable bonds is 8. The maximum Gasteiger partial charge on any atom is 0.121 e. The van der Waals surface area contributed by atoms with Crippen molar-refractivity contribution in [1.29, 1.82) is 0 Å². The zero-order valence-electron chi connectivity index (χ0n) is 36.8. The second-order valence-electron chi connectivity index (χ2n) is 17.5. The Labute approximate surface area is 385 Å². The number of imidazole rings is 1. The van der Waals surface area contributed by atoms with Gasteiger partial charge in [0.15, 0.2) is 0 Å². The summed E-state index contributed by atoms with van der Waals surface area (Å²) in [7, 11) is -1.29. The molecule has 3 aromatic heterocycles. The van der Waals surface area contributed by atoms with Crippen LogP contribution in [0.25, 0.3) is 83.7 Å². The van der Waals surface area contributed by atoms with Crippen LogP contribution in [-0.2, 0) is 20.1 Å². The molecule has 3 heterocycles. The van der Waals surface area contributed by atoms with Crippen LogP contribution in [0.3, 0.4) is 0 Å². The van der Waals surface area contributed by atoms with E-state index in [1.165, 1.54) is 38.7 Å². The smallest absolute Gasteiger partial charge is 0.121 e. The third-order valence-corrected chi connectivity index (χ3v) is 13.5. The van der Waals surface area contributed by atoms with Gasteiger partial charge in [0.1, 0.15) is 5.58 Å². The quantitative estimate of drug-likeness (QED) is 0.112.